The lowest BCUT2D eigenvalue weighted by Gasteiger charge is -2.06. The maximum absolute atomic E-state index is 12.1. The second-order valence-electron chi connectivity index (χ2n) is 8.75. The number of aryl methyl sites for hydroxylation is 1. The molecule has 0 unspecified atom stereocenters. The molecule has 0 aromatic heterocycles. The zero-order valence-corrected chi connectivity index (χ0v) is 20.7. The van der Waals surface area contributed by atoms with Crippen LogP contribution in [0, 0.1) is 0 Å². The lowest BCUT2D eigenvalue weighted by atomic mass is 10.1. The Kier molecular flexibility index (Phi) is 13.8. The van der Waals surface area contributed by atoms with Crippen LogP contribution in [0.3, 0.4) is 0 Å². The van der Waals surface area contributed by atoms with Crippen molar-refractivity contribution in [2.24, 2.45) is 0 Å². The molecule has 0 fully saturated rings. The molecule has 0 atom stereocenters. The zero-order chi connectivity index (χ0) is 23.6. The lowest BCUT2D eigenvalue weighted by molar-refractivity contribution is -0.128. The van der Waals surface area contributed by atoms with Crippen LogP contribution in [0.15, 0.2) is 54.6 Å². The Balaban J connectivity index is 1.61. The molecular formula is C30H42O3. The first-order valence-electron chi connectivity index (χ1n) is 12.9. The largest absolute Gasteiger partial charge is 0.494 e. The van der Waals surface area contributed by atoms with Crippen molar-refractivity contribution in [1.82, 2.24) is 0 Å². The van der Waals surface area contributed by atoms with E-state index in [0.29, 0.717) is 5.75 Å². The lowest BCUT2D eigenvalue weighted by Crippen LogP contribution is -2.03. The molecule has 0 heterocycles. The first kappa shape index (κ1) is 26.7. The summed E-state index contributed by atoms with van der Waals surface area (Å²) in [7, 11) is 0. The molecule has 0 bridgehead atoms. The van der Waals surface area contributed by atoms with Crippen molar-refractivity contribution >= 4 is 12.0 Å². The highest BCUT2D eigenvalue weighted by atomic mass is 16.5. The van der Waals surface area contributed by atoms with Crippen LogP contribution >= 0.6 is 0 Å². The van der Waals surface area contributed by atoms with Gasteiger partial charge in [0.2, 0.25) is 0 Å². The van der Waals surface area contributed by atoms with Crippen LogP contribution in [0.25, 0.3) is 6.08 Å². The topological polar surface area (TPSA) is 35.5 Å². The number of carbonyl (C=O) groups is 1. The van der Waals surface area contributed by atoms with Crippen LogP contribution < -0.4 is 9.47 Å². The van der Waals surface area contributed by atoms with E-state index in [-0.39, 0.29) is 5.97 Å². The molecule has 0 amide bonds. The SMILES string of the molecule is CCCCCCCCCCCOc1ccc(C=CC(=O)Oc2ccc(CCCC)cc2)cc1. The molecule has 3 heteroatoms. The van der Waals surface area contributed by atoms with Crippen molar-refractivity contribution in [2.45, 2.75) is 90.9 Å². The van der Waals surface area contributed by atoms with E-state index in [0.717, 1.165) is 30.8 Å². The molecule has 0 saturated carbocycles. The molecule has 2 aromatic rings. The number of benzene rings is 2. The molecule has 0 aliphatic carbocycles. The number of ether oxygens (including phenoxy) is 2. The maximum atomic E-state index is 12.1. The summed E-state index contributed by atoms with van der Waals surface area (Å²) in [6.07, 6.45) is 18.4. The molecule has 0 radical (unpaired) electrons. The molecule has 33 heavy (non-hydrogen) atoms. The fraction of sp³-hybridized carbons (Fsp3) is 0.500. The predicted octanol–water partition coefficient (Wildman–Crippen LogP) is 8.56. The third-order valence-corrected chi connectivity index (χ3v) is 5.77. The predicted molar refractivity (Wildman–Crippen MR) is 139 cm³/mol. The second-order valence-corrected chi connectivity index (χ2v) is 8.75. The number of esters is 1. The van der Waals surface area contributed by atoms with Crippen LogP contribution in [0.2, 0.25) is 0 Å². The van der Waals surface area contributed by atoms with Gasteiger partial charge in [-0.3, -0.25) is 0 Å². The van der Waals surface area contributed by atoms with Crippen molar-refractivity contribution in [3.8, 4) is 11.5 Å². The third kappa shape index (κ3) is 12.3. The van der Waals surface area contributed by atoms with E-state index in [1.165, 1.54) is 75.8 Å². The molecule has 0 spiro atoms. The molecular weight excluding hydrogens is 408 g/mol. The summed E-state index contributed by atoms with van der Waals surface area (Å²) in [6.45, 7) is 5.20. The number of unbranched alkanes of at least 4 members (excludes halogenated alkanes) is 9. The van der Waals surface area contributed by atoms with Crippen LogP contribution in [0.1, 0.15) is 95.6 Å². The van der Waals surface area contributed by atoms with Gasteiger partial charge in [-0.25, -0.2) is 4.79 Å². The minimum absolute atomic E-state index is 0.373. The van der Waals surface area contributed by atoms with Gasteiger partial charge in [0.15, 0.2) is 0 Å². The number of hydrogen-bond donors (Lipinski definition) is 0. The number of rotatable bonds is 17. The minimum atomic E-state index is -0.373. The monoisotopic (exact) mass is 450 g/mol. The first-order valence-corrected chi connectivity index (χ1v) is 12.9. The smallest absolute Gasteiger partial charge is 0.336 e. The van der Waals surface area contributed by atoms with E-state index < -0.39 is 0 Å². The van der Waals surface area contributed by atoms with E-state index in [4.69, 9.17) is 9.47 Å². The number of hydrogen-bond acceptors (Lipinski definition) is 3. The third-order valence-electron chi connectivity index (χ3n) is 5.77. The Morgan fingerprint density at radius 3 is 1.91 bits per heavy atom. The van der Waals surface area contributed by atoms with Crippen LogP contribution in [-0.2, 0) is 11.2 Å². The molecule has 0 saturated heterocycles. The first-order chi connectivity index (χ1) is 16.2. The van der Waals surface area contributed by atoms with Gasteiger partial charge >= 0.3 is 5.97 Å². The summed E-state index contributed by atoms with van der Waals surface area (Å²) >= 11 is 0. The van der Waals surface area contributed by atoms with Gasteiger partial charge < -0.3 is 9.47 Å². The average Bonchev–Trinajstić information content (AvgIpc) is 2.84. The fourth-order valence-corrected chi connectivity index (χ4v) is 3.70. The van der Waals surface area contributed by atoms with E-state index in [9.17, 15) is 4.79 Å². The van der Waals surface area contributed by atoms with Crippen LogP contribution in [-0.4, -0.2) is 12.6 Å². The van der Waals surface area contributed by atoms with Gasteiger partial charge in [0.1, 0.15) is 11.5 Å². The quantitative estimate of drug-likeness (QED) is 0.105. The van der Waals surface area contributed by atoms with E-state index in [1.807, 2.05) is 48.5 Å². The summed E-state index contributed by atoms with van der Waals surface area (Å²) in [4.78, 5) is 12.1. The van der Waals surface area contributed by atoms with Gasteiger partial charge in [0.05, 0.1) is 6.61 Å². The van der Waals surface area contributed by atoms with Gasteiger partial charge in [-0.15, -0.1) is 0 Å². The fourth-order valence-electron chi connectivity index (χ4n) is 3.70. The molecule has 180 valence electrons. The van der Waals surface area contributed by atoms with Gasteiger partial charge in [0, 0.05) is 6.08 Å². The standard InChI is InChI=1S/C30H42O3/c1-3-5-7-8-9-10-11-12-13-25-32-28-20-15-27(16-21-28)19-24-30(31)33-29-22-17-26(18-23-29)14-6-4-2/h15-24H,3-14,25H2,1-2H3. The summed E-state index contributed by atoms with van der Waals surface area (Å²) in [5, 5.41) is 0. The van der Waals surface area contributed by atoms with Gasteiger partial charge in [-0.1, -0.05) is 95.9 Å². The normalized spacial score (nSPS) is 11.1. The van der Waals surface area contributed by atoms with Crippen molar-refractivity contribution in [2.75, 3.05) is 6.61 Å². The highest BCUT2D eigenvalue weighted by Gasteiger charge is 2.02. The zero-order valence-electron chi connectivity index (χ0n) is 20.7. The molecule has 2 aromatic carbocycles. The maximum Gasteiger partial charge on any atom is 0.336 e. The average molecular weight is 451 g/mol. The van der Waals surface area contributed by atoms with Crippen molar-refractivity contribution in [1.29, 1.82) is 0 Å². The highest BCUT2D eigenvalue weighted by molar-refractivity contribution is 5.88. The Labute approximate surface area is 201 Å². The van der Waals surface area contributed by atoms with Crippen molar-refractivity contribution in [3.05, 3.63) is 65.7 Å². The Morgan fingerprint density at radius 2 is 1.27 bits per heavy atom. The van der Waals surface area contributed by atoms with Crippen LogP contribution in [0.5, 0.6) is 11.5 Å². The highest BCUT2D eigenvalue weighted by Crippen LogP contribution is 2.16. The van der Waals surface area contributed by atoms with Crippen molar-refractivity contribution in [3.63, 3.8) is 0 Å². The summed E-state index contributed by atoms with van der Waals surface area (Å²) in [5.74, 6) is 1.07. The van der Waals surface area contributed by atoms with E-state index >= 15 is 0 Å². The summed E-state index contributed by atoms with van der Waals surface area (Å²) in [6, 6.07) is 15.6. The molecule has 3 nitrogen and oxygen atoms in total. The van der Waals surface area contributed by atoms with Crippen LogP contribution in [0.4, 0.5) is 0 Å². The Hall–Kier alpha value is -2.55. The van der Waals surface area contributed by atoms with Gasteiger partial charge in [-0.05, 0) is 60.7 Å². The van der Waals surface area contributed by atoms with Crippen molar-refractivity contribution < 1.29 is 14.3 Å². The Bertz CT molecular complexity index is 790. The number of carbonyl (C=O) groups excluding carboxylic acids is 1. The summed E-state index contributed by atoms with van der Waals surface area (Å²) < 4.78 is 11.2. The summed E-state index contributed by atoms with van der Waals surface area (Å²) in [5.41, 5.74) is 2.21. The molecule has 0 aliphatic rings. The van der Waals surface area contributed by atoms with E-state index in [2.05, 4.69) is 13.8 Å². The molecule has 2 rings (SSSR count). The Morgan fingerprint density at radius 1 is 0.697 bits per heavy atom. The molecule has 0 aliphatic heterocycles. The molecule has 0 N–H and O–H groups in total. The second kappa shape index (κ2) is 17.0. The van der Waals surface area contributed by atoms with E-state index in [1.54, 1.807) is 6.08 Å². The van der Waals surface area contributed by atoms with Gasteiger partial charge in [-0.2, -0.15) is 0 Å². The van der Waals surface area contributed by atoms with Gasteiger partial charge in [0.25, 0.3) is 0 Å². The minimum Gasteiger partial charge on any atom is -0.494 e.